The summed E-state index contributed by atoms with van der Waals surface area (Å²) in [5.41, 5.74) is 1.09. The number of anilines is 1. The molecular weight excluding hydrogens is 589 g/mol. The fourth-order valence-corrected chi connectivity index (χ4v) is 7.47. The number of fused-ring (bicyclic) bond motifs is 6. The predicted molar refractivity (Wildman–Crippen MR) is 162 cm³/mol. The van der Waals surface area contributed by atoms with Crippen LogP contribution in [0, 0.1) is 16.0 Å². The van der Waals surface area contributed by atoms with Gasteiger partial charge < -0.3 is 10.2 Å². The topological polar surface area (TPSA) is 110 Å². The zero-order chi connectivity index (χ0) is 30.0. The monoisotopic (exact) mass is 609 g/mol. The Bertz CT molecular complexity index is 1920. The van der Waals surface area contributed by atoms with Crippen molar-refractivity contribution in [2.24, 2.45) is 5.92 Å². The Morgan fingerprint density at radius 1 is 0.907 bits per heavy atom. The molecule has 8 nitrogen and oxygen atoms in total. The average Bonchev–Trinajstić information content (AvgIpc) is 3.48. The second-order valence-electron chi connectivity index (χ2n) is 10.7. The SMILES string of the molecule is O=C(c1cccc([N+](=O)[O-])c1)[C@@H]1[C@H](C(=O)c2ccc(Cl)cc2Cl)[C@@]2(C(=O)Nc3ccccc32)[C@@H]2c3ccccc3C=CN12. The molecule has 0 saturated carbocycles. The molecule has 4 aromatic carbocycles. The smallest absolute Gasteiger partial charge is 0.270 e. The van der Waals surface area contributed by atoms with E-state index in [2.05, 4.69) is 5.32 Å². The third kappa shape index (κ3) is 3.87. The van der Waals surface area contributed by atoms with Crippen LogP contribution in [0.4, 0.5) is 11.4 Å². The van der Waals surface area contributed by atoms with E-state index in [0.29, 0.717) is 16.3 Å². The van der Waals surface area contributed by atoms with Crippen molar-refractivity contribution < 1.29 is 19.3 Å². The van der Waals surface area contributed by atoms with Crippen LogP contribution in [0.15, 0.2) is 97.2 Å². The van der Waals surface area contributed by atoms with E-state index in [1.165, 1.54) is 42.5 Å². The first-order chi connectivity index (χ1) is 20.7. The van der Waals surface area contributed by atoms with Gasteiger partial charge in [-0.15, -0.1) is 0 Å². The van der Waals surface area contributed by atoms with Crippen molar-refractivity contribution in [2.75, 3.05) is 5.32 Å². The number of nitrogens with one attached hydrogen (secondary N) is 1. The summed E-state index contributed by atoms with van der Waals surface area (Å²) in [5.74, 6) is -2.75. The van der Waals surface area contributed by atoms with Crippen molar-refractivity contribution in [3.05, 3.63) is 145 Å². The van der Waals surface area contributed by atoms with Crippen LogP contribution < -0.4 is 5.32 Å². The van der Waals surface area contributed by atoms with E-state index in [4.69, 9.17) is 23.2 Å². The summed E-state index contributed by atoms with van der Waals surface area (Å²) in [4.78, 5) is 56.7. The van der Waals surface area contributed by atoms with Crippen molar-refractivity contribution in [1.82, 2.24) is 4.90 Å². The van der Waals surface area contributed by atoms with Crippen LogP contribution in [0.2, 0.25) is 10.0 Å². The molecule has 7 rings (SSSR count). The molecule has 1 fully saturated rings. The number of ketones is 2. The molecule has 0 aliphatic carbocycles. The molecule has 4 atom stereocenters. The van der Waals surface area contributed by atoms with Crippen molar-refractivity contribution in [3.63, 3.8) is 0 Å². The van der Waals surface area contributed by atoms with Gasteiger partial charge in [-0.25, -0.2) is 0 Å². The van der Waals surface area contributed by atoms with E-state index in [1.54, 1.807) is 35.4 Å². The minimum absolute atomic E-state index is 0.0500. The number of hydrogen-bond acceptors (Lipinski definition) is 6. The molecule has 0 aromatic heterocycles. The van der Waals surface area contributed by atoms with E-state index >= 15 is 0 Å². The molecular formula is C33H21Cl2N3O5. The van der Waals surface area contributed by atoms with E-state index in [-0.39, 0.29) is 21.8 Å². The highest BCUT2D eigenvalue weighted by Gasteiger charge is 2.70. The highest BCUT2D eigenvalue weighted by Crippen LogP contribution is 2.62. The zero-order valence-corrected chi connectivity index (χ0v) is 23.8. The maximum Gasteiger partial charge on any atom is 0.270 e. The predicted octanol–water partition coefficient (Wildman–Crippen LogP) is 6.88. The highest BCUT2D eigenvalue weighted by atomic mass is 35.5. The van der Waals surface area contributed by atoms with Gasteiger partial charge >= 0.3 is 0 Å². The standard InChI is InChI=1S/C33H21Cl2N3O5/c34-20-12-13-23(25(35)17-20)30(40)27-28(29(39)19-7-5-8-21(16-19)38(42)43)37-15-14-18-6-1-2-9-22(18)31(37)33(27)24-10-3-4-11-26(24)36-32(33)41/h1-17,27-28,31H,(H,36,41)/t27-,28+,31+,33-/m1/s1. The Labute approximate surface area is 255 Å². The molecule has 3 heterocycles. The fraction of sp³-hybridized carbons (Fsp3) is 0.121. The van der Waals surface area contributed by atoms with Gasteiger partial charge in [0.05, 0.1) is 21.9 Å². The number of para-hydroxylation sites is 1. The van der Waals surface area contributed by atoms with Crippen LogP contribution in [0.5, 0.6) is 0 Å². The molecule has 0 bridgehead atoms. The summed E-state index contributed by atoms with van der Waals surface area (Å²) >= 11 is 12.7. The van der Waals surface area contributed by atoms with Gasteiger partial charge in [-0.05, 0) is 47.0 Å². The fourth-order valence-electron chi connectivity index (χ4n) is 6.97. The summed E-state index contributed by atoms with van der Waals surface area (Å²) in [6.07, 6.45) is 3.58. The Balaban J connectivity index is 1.54. The van der Waals surface area contributed by atoms with E-state index in [9.17, 15) is 24.5 Å². The lowest BCUT2D eigenvalue weighted by atomic mass is 9.62. The lowest BCUT2D eigenvalue weighted by Gasteiger charge is -2.38. The number of amides is 1. The van der Waals surface area contributed by atoms with Crippen molar-refractivity contribution in [3.8, 4) is 0 Å². The first kappa shape index (κ1) is 27.1. The number of benzene rings is 4. The number of nitrogens with zero attached hydrogens (tertiary/aromatic N) is 2. The van der Waals surface area contributed by atoms with Gasteiger partial charge in [0.25, 0.3) is 5.69 Å². The molecule has 212 valence electrons. The molecule has 0 radical (unpaired) electrons. The second kappa shape index (κ2) is 9.90. The van der Waals surface area contributed by atoms with Gasteiger partial charge in [-0.3, -0.25) is 24.5 Å². The highest BCUT2D eigenvalue weighted by molar-refractivity contribution is 6.37. The molecule has 1 N–H and O–H groups in total. The number of nitro groups is 1. The molecule has 3 aliphatic rings. The summed E-state index contributed by atoms with van der Waals surface area (Å²) < 4.78 is 0. The van der Waals surface area contributed by atoms with Crippen LogP contribution in [-0.2, 0) is 10.2 Å². The van der Waals surface area contributed by atoms with Crippen molar-refractivity contribution in [2.45, 2.75) is 17.5 Å². The largest absolute Gasteiger partial charge is 0.358 e. The third-order valence-corrected chi connectivity index (χ3v) is 9.21. The molecule has 43 heavy (non-hydrogen) atoms. The third-order valence-electron chi connectivity index (χ3n) is 8.66. The molecule has 1 spiro atoms. The minimum atomic E-state index is -1.56. The number of carbonyl (C=O) groups is 3. The molecule has 1 saturated heterocycles. The maximum absolute atomic E-state index is 14.9. The first-order valence-electron chi connectivity index (χ1n) is 13.5. The van der Waals surface area contributed by atoms with E-state index in [0.717, 1.165) is 11.1 Å². The number of carbonyl (C=O) groups excluding carboxylic acids is 3. The number of nitro benzene ring substituents is 1. The summed E-state index contributed by atoms with van der Waals surface area (Å²) in [6, 6.07) is 22.6. The number of rotatable bonds is 5. The zero-order valence-electron chi connectivity index (χ0n) is 22.2. The lowest BCUT2D eigenvalue weighted by molar-refractivity contribution is -0.384. The van der Waals surface area contributed by atoms with Crippen LogP contribution in [-0.4, -0.2) is 33.3 Å². The Morgan fingerprint density at radius 3 is 2.47 bits per heavy atom. The van der Waals surface area contributed by atoms with Gasteiger partial charge in [0.1, 0.15) is 11.5 Å². The minimum Gasteiger partial charge on any atom is -0.358 e. The van der Waals surface area contributed by atoms with E-state index < -0.39 is 45.8 Å². The summed E-state index contributed by atoms with van der Waals surface area (Å²) in [5, 5.41) is 15.0. The normalized spacial score (nSPS) is 23.0. The van der Waals surface area contributed by atoms with Crippen LogP contribution in [0.1, 0.15) is 43.4 Å². The molecule has 10 heteroatoms. The molecule has 0 unspecified atom stereocenters. The van der Waals surface area contributed by atoms with Crippen molar-refractivity contribution in [1.29, 1.82) is 0 Å². The van der Waals surface area contributed by atoms with Gasteiger partial charge in [-0.2, -0.15) is 0 Å². The molecule has 4 aromatic rings. The van der Waals surface area contributed by atoms with Gasteiger partial charge in [0, 0.05) is 40.2 Å². The van der Waals surface area contributed by atoms with E-state index in [1.807, 2.05) is 30.3 Å². The Kier molecular flexibility index (Phi) is 6.23. The second-order valence-corrected chi connectivity index (χ2v) is 11.6. The van der Waals surface area contributed by atoms with Gasteiger partial charge in [0.2, 0.25) is 5.91 Å². The maximum atomic E-state index is 14.9. The lowest BCUT2D eigenvalue weighted by Crippen LogP contribution is -2.49. The number of non-ortho nitro benzene ring substituents is 1. The van der Waals surface area contributed by atoms with Crippen LogP contribution in [0.25, 0.3) is 6.08 Å². The number of hydrogen-bond donors (Lipinski definition) is 1. The van der Waals surface area contributed by atoms with Gasteiger partial charge in [-0.1, -0.05) is 77.8 Å². The molecule has 1 amide bonds. The summed E-state index contributed by atoms with van der Waals surface area (Å²) in [6.45, 7) is 0. The van der Waals surface area contributed by atoms with Crippen molar-refractivity contribution >= 4 is 58.1 Å². The summed E-state index contributed by atoms with van der Waals surface area (Å²) in [7, 11) is 0. The Hall–Kier alpha value is -4.79. The van der Waals surface area contributed by atoms with Crippen LogP contribution >= 0.6 is 23.2 Å². The van der Waals surface area contributed by atoms with Gasteiger partial charge in [0.15, 0.2) is 11.6 Å². The number of halogens is 2. The Morgan fingerprint density at radius 2 is 1.67 bits per heavy atom. The van der Waals surface area contributed by atoms with Crippen LogP contribution in [0.3, 0.4) is 0 Å². The quantitative estimate of drug-likeness (QED) is 0.150. The number of Topliss-reactive ketones (excluding diaryl/α,β-unsaturated/α-hetero) is 2. The average molecular weight is 610 g/mol. The molecule has 3 aliphatic heterocycles. The first-order valence-corrected chi connectivity index (χ1v) is 14.2.